The van der Waals surface area contributed by atoms with Crippen LogP contribution in [0.25, 0.3) is 0 Å². The number of carbonyl (C=O) groups is 2. The summed E-state index contributed by atoms with van der Waals surface area (Å²) in [5, 5.41) is 22.6. The van der Waals surface area contributed by atoms with Crippen LogP contribution in [0.5, 0.6) is 5.75 Å². The van der Waals surface area contributed by atoms with Gasteiger partial charge in [0, 0.05) is 5.75 Å². The molecule has 0 saturated carbocycles. The molecule has 0 bridgehead atoms. The number of benzene rings is 2. The van der Waals surface area contributed by atoms with Gasteiger partial charge in [-0.15, -0.1) is 17.5 Å². The van der Waals surface area contributed by atoms with Crippen LogP contribution in [-0.4, -0.2) is 22.2 Å². The minimum absolute atomic E-state index is 0.134. The van der Waals surface area contributed by atoms with E-state index < -0.39 is 11.7 Å². The van der Waals surface area contributed by atoms with Crippen LogP contribution in [-0.2, 0) is 10.5 Å². The van der Waals surface area contributed by atoms with Crippen LogP contribution in [0.2, 0.25) is 0 Å². The third-order valence-electron chi connectivity index (χ3n) is 3.19. The lowest BCUT2D eigenvalue weighted by molar-refractivity contribution is -0.268. The molecule has 0 aliphatic rings. The number of carboxylic acid groups (broad SMARTS) is 1. The van der Waals surface area contributed by atoms with E-state index in [9.17, 15) is 14.7 Å². The largest absolute Gasteiger partial charge is 0.872 e. The molecule has 2 rings (SSSR count). The maximum atomic E-state index is 12.2. The molecule has 0 aliphatic heterocycles. The number of nitrogens with one attached hydrogen (secondary N) is 1. The third-order valence-corrected chi connectivity index (χ3v) is 4.41. The number of aromatic carboxylic acids is 1. The SMILES string of the molecule is C[C@@H](SCc1ccccc1)C(=O)Nc1ccc([O-])cc1C(=O)O. The second kappa shape index (κ2) is 7.69. The number of hydrogen-bond donors (Lipinski definition) is 2. The highest BCUT2D eigenvalue weighted by atomic mass is 32.2. The van der Waals surface area contributed by atoms with Crippen molar-refractivity contribution in [2.24, 2.45) is 0 Å². The van der Waals surface area contributed by atoms with Crippen molar-refractivity contribution in [3.05, 3.63) is 59.7 Å². The zero-order chi connectivity index (χ0) is 16.8. The molecule has 2 aromatic rings. The van der Waals surface area contributed by atoms with Gasteiger partial charge in [0.15, 0.2) is 0 Å². The van der Waals surface area contributed by atoms with E-state index in [0.717, 1.165) is 11.6 Å². The highest BCUT2D eigenvalue weighted by Gasteiger charge is 2.17. The van der Waals surface area contributed by atoms with E-state index in [2.05, 4.69) is 5.32 Å². The predicted octanol–water partition coefficient (Wildman–Crippen LogP) is 2.72. The van der Waals surface area contributed by atoms with E-state index in [1.54, 1.807) is 6.92 Å². The molecule has 2 N–H and O–H groups in total. The molecule has 0 spiro atoms. The summed E-state index contributed by atoms with van der Waals surface area (Å²) in [5.41, 5.74) is 1.04. The summed E-state index contributed by atoms with van der Waals surface area (Å²) in [6.07, 6.45) is 0. The number of carboxylic acids is 1. The van der Waals surface area contributed by atoms with Gasteiger partial charge in [0.25, 0.3) is 0 Å². The van der Waals surface area contributed by atoms with Gasteiger partial charge in [0.2, 0.25) is 5.91 Å². The Morgan fingerprint density at radius 2 is 1.91 bits per heavy atom. The molecule has 120 valence electrons. The number of carbonyl (C=O) groups excluding carboxylic acids is 1. The molecule has 0 aliphatic carbocycles. The summed E-state index contributed by atoms with van der Waals surface area (Å²) in [6, 6.07) is 13.3. The van der Waals surface area contributed by atoms with Crippen LogP contribution in [0, 0.1) is 0 Å². The molecule has 0 fully saturated rings. The molecule has 0 unspecified atom stereocenters. The van der Waals surface area contributed by atoms with Gasteiger partial charge in [0.1, 0.15) is 0 Å². The van der Waals surface area contributed by atoms with Crippen molar-refractivity contribution >= 4 is 29.3 Å². The quantitative estimate of drug-likeness (QED) is 0.850. The molecule has 0 aromatic heterocycles. The maximum Gasteiger partial charge on any atom is 0.337 e. The Morgan fingerprint density at radius 1 is 1.22 bits per heavy atom. The van der Waals surface area contributed by atoms with Crippen LogP contribution in [0.3, 0.4) is 0 Å². The van der Waals surface area contributed by atoms with E-state index in [4.69, 9.17) is 5.11 Å². The van der Waals surface area contributed by atoms with Crippen molar-refractivity contribution in [3.8, 4) is 5.75 Å². The molecule has 1 atom stereocenters. The summed E-state index contributed by atoms with van der Waals surface area (Å²) >= 11 is 1.45. The average molecular weight is 330 g/mol. The highest BCUT2D eigenvalue weighted by Crippen LogP contribution is 2.23. The summed E-state index contributed by atoms with van der Waals surface area (Å²) in [5.74, 6) is -1.28. The van der Waals surface area contributed by atoms with Gasteiger partial charge in [0.05, 0.1) is 16.5 Å². The molecule has 23 heavy (non-hydrogen) atoms. The smallest absolute Gasteiger partial charge is 0.337 e. The molecular weight excluding hydrogens is 314 g/mol. The number of anilines is 1. The molecule has 2 aromatic carbocycles. The molecule has 0 radical (unpaired) electrons. The lowest BCUT2D eigenvalue weighted by Crippen LogP contribution is -2.24. The normalized spacial score (nSPS) is 11.7. The van der Waals surface area contributed by atoms with E-state index in [-0.39, 0.29) is 22.4 Å². The van der Waals surface area contributed by atoms with Crippen molar-refractivity contribution in [1.29, 1.82) is 0 Å². The Bertz CT molecular complexity index is 703. The molecule has 0 heterocycles. The topological polar surface area (TPSA) is 89.5 Å². The van der Waals surface area contributed by atoms with Gasteiger partial charge in [-0.1, -0.05) is 42.5 Å². The fourth-order valence-electron chi connectivity index (χ4n) is 1.91. The van der Waals surface area contributed by atoms with Gasteiger partial charge in [-0.05, 0) is 18.6 Å². The van der Waals surface area contributed by atoms with Crippen molar-refractivity contribution in [3.63, 3.8) is 0 Å². The first kappa shape index (κ1) is 16.9. The van der Waals surface area contributed by atoms with Gasteiger partial charge in [-0.2, -0.15) is 0 Å². The Labute approximate surface area is 138 Å². The Kier molecular flexibility index (Phi) is 5.65. The maximum absolute atomic E-state index is 12.2. The first-order valence-corrected chi connectivity index (χ1v) is 8.03. The fourth-order valence-corrected chi connectivity index (χ4v) is 2.76. The van der Waals surface area contributed by atoms with Crippen molar-refractivity contribution in [1.82, 2.24) is 0 Å². The van der Waals surface area contributed by atoms with Crippen molar-refractivity contribution in [2.75, 3.05) is 5.32 Å². The zero-order valence-electron chi connectivity index (χ0n) is 12.5. The van der Waals surface area contributed by atoms with Crippen LogP contribution in [0.15, 0.2) is 48.5 Å². The molecule has 6 heteroatoms. The van der Waals surface area contributed by atoms with Crippen molar-refractivity contribution < 1.29 is 19.8 Å². The van der Waals surface area contributed by atoms with Gasteiger partial charge >= 0.3 is 5.97 Å². The summed E-state index contributed by atoms with van der Waals surface area (Å²) < 4.78 is 0. The first-order valence-electron chi connectivity index (χ1n) is 6.98. The minimum atomic E-state index is -1.25. The standard InChI is InChI=1S/C17H17NO4S/c1-11(23-10-12-5-3-2-4-6-12)16(20)18-15-8-7-13(19)9-14(15)17(21)22/h2-9,11,19H,10H2,1H3,(H,18,20)(H,21,22)/p-1/t11-/m1/s1. The first-order chi connectivity index (χ1) is 11.0. The minimum Gasteiger partial charge on any atom is -0.872 e. The lowest BCUT2D eigenvalue weighted by atomic mass is 10.1. The van der Waals surface area contributed by atoms with Gasteiger partial charge < -0.3 is 15.5 Å². The fraction of sp³-hybridized carbons (Fsp3) is 0.176. The van der Waals surface area contributed by atoms with E-state index in [1.807, 2.05) is 30.3 Å². The summed E-state index contributed by atoms with van der Waals surface area (Å²) in [4.78, 5) is 23.3. The van der Waals surface area contributed by atoms with Crippen LogP contribution in [0.1, 0.15) is 22.8 Å². The molecule has 5 nitrogen and oxygen atoms in total. The second-order valence-corrected chi connectivity index (χ2v) is 6.27. The lowest BCUT2D eigenvalue weighted by Gasteiger charge is -2.15. The van der Waals surface area contributed by atoms with E-state index >= 15 is 0 Å². The molecule has 1 amide bonds. The molecular formula is C17H16NO4S-. The van der Waals surface area contributed by atoms with Crippen LogP contribution >= 0.6 is 11.8 Å². The zero-order valence-corrected chi connectivity index (χ0v) is 13.3. The van der Waals surface area contributed by atoms with Gasteiger partial charge in [-0.25, -0.2) is 4.79 Å². The average Bonchev–Trinajstić information content (AvgIpc) is 2.55. The van der Waals surface area contributed by atoms with Crippen LogP contribution < -0.4 is 10.4 Å². The van der Waals surface area contributed by atoms with Crippen LogP contribution in [0.4, 0.5) is 5.69 Å². The predicted molar refractivity (Wildman–Crippen MR) is 88.7 cm³/mol. The van der Waals surface area contributed by atoms with Crippen molar-refractivity contribution in [2.45, 2.75) is 17.9 Å². The second-order valence-electron chi connectivity index (χ2n) is 4.94. The Balaban J connectivity index is 2.00. The number of thioether (sulfide) groups is 1. The highest BCUT2D eigenvalue weighted by molar-refractivity contribution is 7.99. The van der Waals surface area contributed by atoms with E-state index in [0.29, 0.717) is 5.75 Å². The summed E-state index contributed by atoms with van der Waals surface area (Å²) in [6.45, 7) is 1.76. The summed E-state index contributed by atoms with van der Waals surface area (Å²) in [7, 11) is 0. The van der Waals surface area contributed by atoms with E-state index in [1.165, 1.54) is 23.9 Å². The number of rotatable bonds is 6. The number of hydrogen-bond acceptors (Lipinski definition) is 4. The van der Waals surface area contributed by atoms with Gasteiger partial charge in [-0.3, -0.25) is 4.79 Å². The number of amides is 1. The Morgan fingerprint density at radius 3 is 2.57 bits per heavy atom. The molecule has 0 saturated heterocycles. The monoisotopic (exact) mass is 330 g/mol. The Hall–Kier alpha value is -2.47. The third kappa shape index (κ3) is 4.75.